The van der Waals surface area contributed by atoms with Crippen LogP contribution in [0.1, 0.15) is 12.1 Å². The van der Waals surface area contributed by atoms with E-state index in [4.69, 9.17) is 0 Å². The molecule has 0 atom stereocenters. The van der Waals surface area contributed by atoms with Crippen molar-refractivity contribution in [1.82, 2.24) is 15.1 Å². The van der Waals surface area contributed by atoms with Gasteiger partial charge in [-0.05, 0) is 25.9 Å². The molecule has 1 fully saturated rings. The number of anilines is 1. The molecule has 1 amide bonds. The van der Waals surface area contributed by atoms with E-state index in [1.165, 1.54) is 0 Å². The van der Waals surface area contributed by atoms with Crippen LogP contribution in [0.4, 0.5) is 5.82 Å². The third-order valence-corrected chi connectivity index (χ3v) is 2.61. The molecule has 2 rings (SSSR count). The third kappa shape index (κ3) is 2.36. The first kappa shape index (κ1) is 10.2. The minimum Gasteiger partial charge on any atom is -0.316 e. The zero-order chi connectivity index (χ0) is 10.8. The molecule has 0 saturated carbocycles. The summed E-state index contributed by atoms with van der Waals surface area (Å²) >= 11 is 0. The number of aromatic nitrogens is 2. The summed E-state index contributed by atoms with van der Waals surface area (Å²) in [5, 5.41) is 10.2. The minimum atomic E-state index is 0.0736. The van der Waals surface area contributed by atoms with E-state index in [1.54, 1.807) is 4.68 Å². The second kappa shape index (κ2) is 4.02. The van der Waals surface area contributed by atoms with Crippen molar-refractivity contribution in [3.63, 3.8) is 0 Å². The van der Waals surface area contributed by atoms with Crippen LogP contribution in [0, 0.1) is 12.8 Å². The van der Waals surface area contributed by atoms with Crippen molar-refractivity contribution in [3.8, 4) is 0 Å². The van der Waals surface area contributed by atoms with Crippen molar-refractivity contribution in [2.24, 2.45) is 13.0 Å². The summed E-state index contributed by atoms with van der Waals surface area (Å²) in [5.41, 5.74) is 0.915. The normalized spacial score (nSPS) is 16.1. The Kier molecular flexibility index (Phi) is 2.73. The molecule has 1 aliphatic heterocycles. The highest BCUT2D eigenvalue weighted by molar-refractivity contribution is 5.90. The number of carbonyl (C=O) groups is 1. The number of nitrogens with one attached hydrogen (secondary N) is 2. The van der Waals surface area contributed by atoms with Gasteiger partial charge in [0.1, 0.15) is 5.82 Å². The van der Waals surface area contributed by atoms with Crippen molar-refractivity contribution >= 4 is 11.7 Å². The van der Waals surface area contributed by atoms with E-state index in [2.05, 4.69) is 15.7 Å². The molecular formula is C10H16N4O. The molecule has 0 radical (unpaired) electrons. The first-order valence-corrected chi connectivity index (χ1v) is 5.16. The SMILES string of the molecule is Cc1cc(NC(=O)CC2CNC2)n(C)n1. The zero-order valence-corrected chi connectivity index (χ0v) is 9.08. The van der Waals surface area contributed by atoms with Crippen LogP contribution in [0.3, 0.4) is 0 Å². The van der Waals surface area contributed by atoms with Gasteiger partial charge in [0.2, 0.25) is 5.91 Å². The van der Waals surface area contributed by atoms with Gasteiger partial charge in [0.15, 0.2) is 0 Å². The van der Waals surface area contributed by atoms with Gasteiger partial charge in [-0.15, -0.1) is 0 Å². The van der Waals surface area contributed by atoms with Crippen LogP contribution in [0.25, 0.3) is 0 Å². The molecule has 15 heavy (non-hydrogen) atoms. The maximum absolute atomic E-state index is 11.6. The standard InChI is InChI=1S/C10H16N4O/c1-7-3-9(14(2)13-7)12-10(15)4-8-5-11-6-8/h3,8,11H,4-6H2,1-2H3,(H,12,15). The summed E-state index contributed by atoms with van der Waals surface area (Å²) in [4.78, 5) is 11.6. The molecule has 1 aromatic heterocycles. The molecular weight excluding hydrogens is 192 g/mol. The van der Waals surface area contributed by atoms with E-state index in [0.29, 0.717) is 12.3 Å². The van der Waals surface area contributed by atoms with E-state index in [0.717, 1.165) is 24.6 Å². The Bertz CT molecular complexity index is 367. The molecule has 0 spiro atoms. The van der Waals surface area contributed by atoms with Gasteiger partial charge >= 0.3 is 0 Å². The monoisotopic (exact) mass is 208 g/mol. The average molecular weight is 208 g/mol. The van der Waals surface area contributed by atoms with Crippen molar-refractivity contribution < 1.29 is 4.79 Å². The molecule has 1 saturated heterocycles. The van der Waals surface area contributed by atoms with Gasteiger partial charge < -0.3 is 10.6 Å². The first-order valence-electron chi connectivity index (χ1n) is 5.16. The Morgan fingerprint density at radius 2 is 2.47 bits per heavy atom. The number of nitrogens with zero attached hydrogens (tertiary/aromatic N) is 2. The quantitative estimate of drug-likeness (QED) is 0.750. The molecule has 0 aliphatic carbocycles. The Morgan fingerprint density at radius 1 is 1.73 bits per heavy atom. The third-order valence-electron chi connectivity index (χ3n) is 2.61. The van der Waals surface area contributed by atoms with Gasteiger partial charge in [0, 0.05) is 19.5 Å². The number of hydrogen-bond acceptors (Lipinski definition) is 3. The second-order valence-electron chi connectivity index (χ2n) is 4.07. The molecule has 0 bridgehead atoms. The van der Waals surface area contributed by atoms with E-state index in [1.807, 2.05) is 20.0 Å². The van der Waals surface area contributed by atoms with Crippen LogP contribution in [0.2, 0.25) is 0 Å². The lowest BCUT2D eigenvalue weighted by Gasteiger charge is -2.26. The largest absolute Gasteiger partial charge is 0.316 e. The van der Waals surface area contributed by atoms with E-state index in [9.17, 15) is 4.79 Å². The molecule has 5 nitrogen and oxygen atoms in total. The summed E-state index contributed by atoms with van der Waals surface area (Å²) in [7, 11) is 1.83. The van der Waals surface area contributed by atoms with Gasteiger partial charge in [-0.3, -0.25) is 9.48 Å². The highest BCUT2D eigenvalue weighted by atomic mass is 16.1. The Balaban J connectivity index is 1.90. The number of amides is 1. The highest BCUT2D eigenvalue weighted by Crippen LogP contribution is 2.12. The van der Waals surface area contributed by atoms with Crippen LogP contribution >= 0.6 is 0 Å². The smallest absolute Gasteiger partial charge is 0.225 e. The topological polar surface area (TPSA) is 59.0 Å². The van der Waals surface area contributed by atoms with Gasteiger partial charge in [-0.25, -0.2) is 0 Å². The molecule has 0 unspecified atom stereocenters. The van der Waals surface area contributed by atoms with Crippen molar-refractivity contribution in [2.45, 2.75) is 13.3 Å². The van der Waals surface area contributed by atoms with E-state index in [-0.39, 0.29) is 5.91 Å². The fourth-order valence-electron chi connectivity index (χ4n) is 1.68. The lowest BCUT2D eigenvalue weighted by molar-refractivity contribution is -0.117. The van der Waals surface area contributed by atoms with Gasteiger partial charge in [0.25, 0.3) is 0 Å². The highest BCUT2D eigenvalue weighted by Gasteiger charge is 2.20. The maximum atomic E-state index is 11.6. The molecule has 82 valence electrons. The predicted molar refractivity (Wildman–Crippen MR) is 57.6 cm³/mol. The number of rotatable bonds is 3. The van der Waals surface area contributed by atoms with Crippen LogP contribution in [-0.4, -0.2) is 28.8 Å². The van der Waals surface area contributed by atoms with Crippen molar-refractivity contribution in [1.29, 1.82) is 0 Å². The fourth-order valence-corrected chi connectivity index (χ4v) is 1.68. The van der Waals surface area contributed by atoms with Crippen LogP contribution in [0.5, 0.6) is 0 Å². The number of hydrogen-bond donors (Lipinski definition) is 2. The summed E-state index contributed by atoms with van der Waals surface area (Å²) in [6.07, 6.45) is 0.594. The van der Waals surface area contributed by atoms with Gasteiger partial charge in [-0.2, -0.15) is 5.10 Å². The van der Waals surface area contributed by atoms with Crippen molar-refractivity contribution in [2.75, 3.05) is 18.4 Å². The number of aryl methyl sites for hydroxylation is 2. The van der Waals surface area contributed by atoms with Crippen molar-refractivity contribution in [3.05, 3.63) is 11.8 Å². The zero-order valence-electron chi connectivity index (χ0n) is 9.08. The van der Waals surface area contributed by atoms with E-state index < -0.39 is 0 Å². The summed E-state index contributed by atoms with van der Waals surface area (Å²) < 4.78 is 1.69. The van der Waals surface area contributed by atoms with Gasteiger partial charge in [-0.1, -0.05) is 0 Å². The molecule has 0 aromatic carbocycles. The minimum absolute atomic E-state index is 0.0736. The summed E-state index contributed by atoms with van der Waals surface area (Å²) in [5.74, 6) is 1.34. The van der Waals surface area contributed by atoms with Crippen LogP contribution in [0.15, 0.2) is 6.07 Å². The van der Waals surface area contributed by atoms with Crippen LogP contribution in [-0.2, 0) is 11.8 Å². The lowest BCUT2D eigenvalue weighted by Crippen LogP contribution is -2.43. The molecule has 1 aromatic rings. The number of carbonyl (C=O) groups excluding carboxylic acids is 1. The fraction of sp³-hybridized carbons (Fsp3) is 0.600. The Hall–Kier alpha value is -1.36. The summed E-state index contributed by atoms with van der Waals surface area (Å²) in [6, 6.07) is 1.87. The first-order chi connectivity index (χ1) is 7.15. The Labute approximate surface area is 88.8 Å². The van der Waals surface area contributed by atoms with Gasteiger partial charge in [0.05, 0.1) is 5.69 Å². The lowest BCUT2D eigenvalue weighted by atomic mass is 9.99. The maximum Gasteiger partial charge on any atom is 0.225 e. The molecule has 5 heteroatoms. The summed E-state index contributed by atoms with van der Waals surface area (Å²) in [6.45, 7) is 3.82. The molecule has 1 aliphatic rings. The molecule has 2 heterocycles. The second-order valence-corrected chi connectivity index (χ2v) is 4.07. The molecule has 2 N–H and O–H groups in total. The Morgan fingerprint density at radius 3 is 2.93 bits per heavy atom. The predicted octanol–water partition coefficient (Wildman–Crippen LogP) is 0.277. The van der Waals surface area contributed by atoms with E-state index >= 15 is 0 Å². The average Bonchev–Trinajstić information content (AvgIpc) is 2.38. The van der Waals surface area contributed by atoms with Crippen LogP contribution < -0.4 is 10.6 Å².